The van der Waals surface area contributed by atoms with E-state index >= 15 is 0 Å². The lowest BCUT2D eigenvalue weighted by Gasteiger charge is -2.39. The second-order valence-corrected chi connectivity index (χ2v) is 6.64. The molecule has 0 spiro atoms. The molecule has 1 amide bonds. The third-order valence-electron chi connectivity index (χ3n) is 4.08. The first-order valence-corrected chi connectivity index (χ1v) is 7.86. The maximum Gasteiger partial charge on any atom is 0.254 e. The minimum Gasteiger partial charge on any atom is -0.375 e. The third-order valence-corrected chi connectivity index (χ3v) is 4.93. The molecule has 1 saturated heterocycles. The lowest BCUT2D eigenvalue weighted by molar-refractivity contribution is 0.0511. The van der Waals surface area contributed by atoms with Gasteiger partial charge in [-0.2, -0.15) is 0 Å². The number of nitrogens with two attached hydrogens (primary N) is 1. The quantitative estimate of drug-likeness (QED) is 0.876. The Labute approximate surface area is 122 Å². The van der Waals surface area contributed by atoms with E-state index in [1.165, 1.54) is 17.8 Å². The maximum absolute atomic E-state index is 12.7. The van der Waals surface area contributed by atoms with Gasteiger partial charge in [0.25, 0.3) is 5.91 Å². The number of amides is 1. The van der Waals surface area contributed by atoms with Crippen LogP contribution in [0.4, 0.5) is 5.13 Å². The van der Waals surface area contributed by atoms with Crippen LogP contribution in [0.15, 0.2) is 18.2 Å². The number of fused-ring (bicyclic) bond motifs is 1. The second-order valence-electron chi connectivity index (χ2n) is 5.58. The van der Waals surface area contributed by atoms with Gasteiger partial charge in [0.05, 0.1) is 10.2 Å². The van der Waals surface area contributed by atoms with E-state index in [9.17, 15) is 4.79 Å². The molecule has 4 nitrogen and oxygen atoms in total. The molecule has 1 fully saturated rings. The minimum atomic E-state index is 0.124. The van der Waals surface area contributed by atoms with Crippen molar-refractivity contribution in [1.82, 2.24) is 9.88 Å². The number of carbonyl (C=O) groups is 1. The van der Waals surface area contributed by atoms with Crippen LogP contribution in [-0.4, -0.2) is 27.9 Å². The predicted molar refractivity (Wildman–Crippen MR) is 83.0 cm³/mol. The number of benzene rings is 1. The molecule has 2 heterocycles. The summed E-state index contributed by atoms with van der Waals surface area (Å²) in [4.78, 5) is 19.0. The van der Waals surface area contributed by atoms with E-state index in [2.05, 4.69) is 18.8 Å². The fourth-order valence-electron chi connectivity index (χ4n) is 3.05. The largest absolute Gasteiger partial charge is 0.375 e. The average Bonchev–Trinajstić information content (AvgIpc) is 2.77. The molecule has 1 aromatic heterocycles. The summed E-state index contributed by atoms with van der Waals surface area (Å²) >= 11 is 1.43. The van der Waals surface area contributed by atoms with Crippen LogP contribution < -0.4 is 5.73 Å². The van der Waals surface area contributed by atoms with Crippen molar-refractivity contribution in [3.05, 3.63) is 23.8 Å². The Morgan fingerprint density at radius 3 is 2.75 bits per heavy atom. The number of anilines is 1. The molecule has 1 aliphatic heterocycles. The molecule has 0 radical (unpaired) electrons. The van der Waals surface area contributed by atoms with Crippen LogP contribution in [0.5, 0.6) is 0 Å². The Bertz CT molecular complexity index is 642. The standard InChI is InChI=1S/C15H19N3OS/c1-9-4-3-5-10(2)18(9)14(19)11-6-7-12-13(8-11)20-15(16)17-12/h6-10H,3-5H2,1-2H3,(H2,16,17). The van der Waals surface area contributed by atoms with E-state index < -0.39 is 0 Å². The topological polar surface area (TPSA) is 59.2 Å². The van der Waals surface area contributed by atoms with Gasteiger partial charge < -0.3 is 10.6 Å². The van der Waals surface area contributed by atoms with Gasteiger partial charge in [0.2, 0.25) is 0 Å². The van der Waals surface area contributed by atoms with Gasteiger partial charge in [-0.1, -0.05) is 11.3 Å². The first-order valence-electron chi connectivity index (χ1n) is 7.05. The number of likely N-dealkylation sites (tertiary alicyclic amines) is 1. The van der Waals surface area contributed by atoms with Crippen molar-refractivity contribution in [1.29, 1.82) is 0 Å². The normalized spacial score (nSPS) is 23.2. The van der Waals surface area contributed by atoms with Crippen molar-refractivity contribution < 1.29 is 4.79 Å². The highest BCUT2D eigenvalue weighted by Gasteiger charge is 2.29. The summed E-state index contributed by atoms with van der Waals surface area (Å²) in [6.07, 6.45) is 3.38. The van der Waals surface area contributed by atoms with E-state index in [0.717, 1.165) is 28.6 Å². The molecule has 2 atom stereocenters. The van der Waals surface area contributed by atoms with Gasteiger partial charge in [-0.05, 0) is 51.3 Å². The number of nitrogens with zero attached hydrogens (tertiary/aromatic N) is 2. The van der Waals surface area contributed by atoms with Gasteiger partial charge in [0.1, 0.15) is 0 Å². The van der Waals surface area contributed by atoms with Crippen molar-refractivity contribution in [3.8, 4) is 0 Å². The predicted octanol–water partition coefficient (Wildman–Crippen LogP) is 3.28. The molecule has 3 rings (SSSR count). The van der Waals surface area contributed by atoms with Crippen molar-refractivity contribution in [2.75, 3.05) is 5.73 Å². The van der Waals surface area contributed by atoms with Crippen molar-refractivity contribution in [3.63, 3.8) is 0 Å². The molecule has 106 valence electrons. The first-order chi connectivity index (χ1) is 9.56. The van der Waals surface area contributed by atoms with E-state index in [-0.39, 0.29) is 5.91 Å². The van der Waals surface area contributed by atoms with Crippen LogP contribution in [-0.2, 0) is 0 Å². The number of rotatable bonds is 1. The van der Waals surface area contributed by atoms with Crippen LogP contribution >= 0.6 is 11.3 Å². The highest BCUT2D eigenvalue weighted by molar-refractivity contribution is 7.22. The van der Waals surface area contributed by atoms with Gasteiger partial charge in [-0.3, -0.25) is 4.79 Å². The lowest BCUT2D eigenvalue weighted by Crippen LogP contribution is -2.47. The molecule has 0 aliphatic carbocycles. The summed E-state index contributed by atoms with van der Waals surface area (Å²) < 4.78 is 0.977. The van der Waals surface area contributed by atoms with Gasteiger partial charge in [0.15, 0.2) is 5.13 Å². The zero-order valence-electron chi connectivity index (χ0n) is 11.8. The molecule has 5 heteroatoms. The minimum absolute atomic E-state index is 0.124. The molecule has 2 aromatic rings. The molecule has 2 N–H and O–H groups in total. The summed E-state index contributed by atoms with van der Waals surface area (Å²) in [5.74, 6) is 0.124. The van der Waals surface area contributed by atoms with Crippen LogP contribution in [0.1, 0.15) is 43.5 Å². The van der Waals surface area contributed by atoms with Crippen molar-refractivity contribution in [2.24, 2.45) is 0 Å². The van der Waals surface area contributed by atoms with Gasteiger partial charge in [-0.15, -0.1) is 0 Å². The molecule has 1 aromatic carbocycles. The van der Waals surface area contributed by atoms with Crippen molar-refractivity contribution >= 4 is 32.6 Å². The Hall–Kier alpha value is -1.62. The number of carbonyl (C=O) groups excluding carboxylic acids is 1. The molecule has 20 heavy (non-hydrogen) atoms. The Morgan fingerprint density at radius 2 is 2.05 bits per heavy atom. The monoisotopic (exact) mass is 289 g/mol. The van der Waals surface area contributed by atoms with Gasteiger partial charge in [-0.25, -0.2) is 4.98 Å². The lowest BCUT2D eigenvalue weighted by atomic mass is 9.96. The number of aromatic nitrogens is 1. The summed E-state index contributed by atoms with van der Waals surface area (Å²) in [5, 5.41) is 0.546. The Morgan fingerprint density at radius 1 is 1.35 bits per heavy atom. The summed E-state index contributed by atoms with van der Waals surface area (Å²) in [7, 11) is 0. The van der Waals surface area contributed by atoms with Crippen LogP contribution in [0.3, 0.4) is 0 Å². The SMILES string of the molecule is CC1CCCC(C)N1C(=O)c1ccc2nc(N)sc2c1. The molecule has 1 aliphatic rings. The number of hydrogen-bond acceptors (Lipinski definition) is 4. The zero-order valence-corrected chi connectivity index (χ0v) is 12.6. The Balaban J connectivity index is 1.94. The summed E-state index contributed by atoms with van der Waals surface area (Å²) in [5.41, 5.74) is 7.32. The molecule has 2 unspecified atom stereocenters. The maximum atomic E-state index is 12.7. The zero-order chi connectivity index (χ0) is 14.3. The smallest absolute Gasteiger partial charge is 0.254 e. The summed E-state index contributed by atoms with van der Waals surface area (Å²) in [6.45, 7) is 4.27. The Kier molecular flexibility index (Phi) is 3.38. The third kappa shape index (κ3) is 2.26. The highest BCUT2D eigenvalue weighted by Crippen LogP contribution is 2.28. The van der Waals surface area contributed by atoms with Crippen LogP contribution in [0.25, 0.3) is 10.2 Å². The average molecular weight is 289 g/mol. The van der Waals surface area contributed by atoms with Crippen molar-refractivity contribution in [2.45, 2.75) is 45.2 Å². The molecular weight excluding hydrogens is 270 g/mol. The number of piperidine rings is 1. The summed E-state index contributed by atoms with van der Waals surface area (Å²) in [6, 6.07) is 6.29. The van der Waals surface area contributed by atoms with E-state index in [4.69, 9.17) is 5.73 Å². The van der Waals surface area contributed by atoms with Crippen LogP contribution in [0, 0.1) is 0 Å². The fraction of sp³-hybridized carbons (Fsp3) is 0.467. The second kappa shape index (κ2) is 5.05. The van der Waals surface area contributed by atoms with E-state index in [1.54, 1.807) is 0 Å². The van der Waals surface area contributed by atoms with Gasteiger partial charge >= 0.3 is 0 Å². The molecule has 0 bridgehead atoms. The fourth-order valence-corrected chi connectivity index (χ4v) is 3.82. The molecular formula is C15H19N3OS. The van der Waals surface area contributed by atoms with Gasteiger partial charge in [0, 0.05) is 17.6 Å². The molecule has 0 saturated carbocycles. The first kappa shape index (κ1) is 13.4. The number of hydrogen-bond donors (Lipinski definition) is 1. The number of thiazole rings is 1. The van der Waals surface area contributed by atoms with E-state index in [1.807, 2.05) is 23.1 Å². The highest BCUT2D eigenvalue weighted by atomic mass is 32.1. The number of nitrogen functional groups attached to an aromatic ring is 1. The van der Waals surface area contributed by atoms with Crippen LogP contribution in [0.2, 0.25) is 0 Å². The van der Waals surface area contributed by atoms with E-state index in [0.29, 0.717) is 17.2 Å².